The monoisotopic (exact) mass is 226 g/mol. The largest absolute Gasteiger partial charge is 0.383 e. The van der Waals surface area contributed by atoms with Gasteiger partial charge in [0.15, 0.2) is 0 Å². The second-order valence-electron chi connectivity index (χ2n) is 4.70. The molecule has 0 radical (unpaired) electrons. The molecule has 0 bridgehead atoms. The Bertz CT molecular complexity index is 188. The molecule has 0 amide bonds. The molecule has 94 valence electrons. The van der Waals surface area contributed by atoms with Crippen LogP contribution in [0.15, 0.2) is 12.7 Å². The Hall–Kier alpha value is -0.380. The lowest BCUT2D eigenvalue weighted by Gasteiger charge is -2.33. The topological polar surface area (TPSA) is 24.5 Å². The SMILES string of the molecule is C=CCC(C)NC1CCN(CCOC)CC1. The van der Waals surface area contributed by atoms with Crippen LogP contribution < -0.4 is 5.32 Å². The van der Waals surface area contributed by atoms with E-state index in [1.165, 1.54) is 25.9 Å². The van der Waals surface area contributed by atoms with Gasteiger partial charge < -0.3 is 15.0 Å². The maximum atomic E-state index is 5.10. The zero-order chi connectivity index (χ0) is 11.8. The Balaban J connectivity index is 2.13. The van der Waals surface area contributed by atoms with Gasteiger partial charge >= 0.3 is 0 Å². The molecule has 0 saturated carbocycles. The molecule has 1 fully saturated rings. The van der Waals surface area contributed by atoms with Crippen molar-refractivity contribution in [3.05, 3.63) is 12.7 Å². The quantitative estimate of drug-likeness (QED) is 0.668. The highest BCUT2D eigenvalue weighted by Gasteiger charge is 2.19. The van der Waals surface area contributed by atoms with Crippen molar-refractivity contribution < 1.29 is 4.74 Å². The molecule has 0 spiro atoms. The molecule has 16 heavy (non-hydrogen) atoms. The smallest absolute Gasteiger partial charge is 0.0589 e. The highest BCUT2D eigenvalue weighted by Crippen LogP contribution is 2.11. The first-order valence-electron chi connectivity index (χ1n) is 6.34. The number of hydrogen-bond donors (Lipinski definition) is 1. The first kappa shape index (κ1) is 13.7. The molecule has 1 aliphatic rings. The Kier molecular flexibility index (Phi) is 6.69. The molecule has 1 saturated heterocycles. The van der Waals surface area contributed by atoms with Crippen LogP contribution in [0.2, 0.25) is 0 Å². The van der Waals surface area contributed by atoms with Crippen molar-refractivity contribution in [1.82, 2.24) is 10.2 Å². The van der Waals surface area contributed by atoms with Crippen molar-refractivity contribution in [1.29, 1.82) is 0 Å². The van der Waals surface area contributed by atoms with Crippen molar-refractivity contribution in [2.24, 2.45) is 0 Å². The van der Waals surface area contributed by atoms with Crippen molar-refractivity contribution in [3.8, 4) is 0 Å². The number of piperidine rings is 1. The van der Waals surface area contributed by atoms with Crippen LogP contribution in [-0.2, 0) is 4.74 Å². The normalized spacial score (nSPS) is 20.9. The van der Waals surface area contributed by atoms with Crippen LogP contribution >= 0.6 is 0 Å². The maximum absolute atomic E-state index is 5.10. The molecule has 3 heteroatoms. The zero-order valence-electron chi connectivity index (χ0n) is 10.7. The van der Waals surface area contributed by atoms with Crippen molar-refractivity contribution in [3.63, 3.8) is 0 Å². The molecular weight excluding hydrogens is 200 g/mol. The Morgan fingerprint density at radius 3 is 2.75 bits per heavy atom. The predicted molar refractivity (Wildman–Crippen MR) is 68.7 cm³/mol. The van der Waals surface area contributed by atoms with E-state index in [-0.39, 0.29) is 0 Å². The van der Waals surface area contributed by atoms with Crippen LogP contribution in [0.25, 0.3) is 0 Å². The van der Waals surface area contributed by atoms with Gasteiger partial charge in [-0.2, -0.15) is 0 Å². The number of nitrogens with one attached hydrogen (secondary N) is 1. The minimum atomic E-state index is 0.563. The van der Waals surface area contributed by atoms with E-state index in [1.807, 2.05) is 6.08 Å². The van der Waals surface area contributed by atoms with E-state index in [9.17, 15) is 0 Å². The maximum Gasteiger partial charge on any atom is 0.0589 e. The van der Waals surface area contributed by atoms with Gasteiger partial charge in [0.2, 0.25) is 0 Å². The van der Waals surface area contributed by atoms with Crippen LogP contribution in [0.1, 0.15) is 26.2 Å². The molecule has 1 unspecified atom stereocenters. The van der Waals surface area contributed by atoms with Gasteiger partial charge in [-0.25, -0.2) is 0 Å². The first-order chi connectivity index (χ1) is 7.76. The third kappa shape index (κ3) is 5.10. The van der Waals surface area contributed by atoms with E-state index in [0.29, 0.717) is 12.1 Å². The lowest BCUT2D eigenvalue weighted by molar-refractivity contribution is 0.124. The molecule has 1 aliphatic heterocycles. The Morgan fingerprint density at radius 1 is 1.50 bits per heavy atom. The zero-order valence-corrected chi connectivity index (χ0v) is 10.7. The van der Waals surface area contributed by atoms with Crippen molar-refractivity contribution in [2.75, 3.05) is 33.4 Å². The number of methoxy groups -OCH3 is 1. The molecule has 3 nitrogen and oxygen atoms in total. The summed E-state index contributed by atoms with van der Waals surface area (Å²) in [6, 6.07) is 1.25. The lowest BCUT2D eigenvalue weighted by Crippen LogP contribution is -2.46. The highest BCUT2D eigenvalue weighted by molar-refractivity contribution is 4.82. The lowest BCUT2D eigenvalue weighted by atomic mass is 10.0. The van der Waals surface area contributed by atoms with E-state index in [4.69, 9.17) is 4.74 Å². The van der Waals surface area contributed by atoms with Gasteiger partial charge in [0.05, 0.1) is 6.61 Å². The summed E-state index contributed by atoms with van der Waals surface area (Å²) >= 11 is 0. The summed E-state index contributed by atoms with van der Waals surface area (Å²) in [5, 5.41) is 3.67. The van der Waals surface area contributed by atoms with Crippen molar-refractivity contribution >= 4 is 0 Å². The second-order valence-corrected chi connectivity index (χ2v) is 4.70. The van der Waals surface area contributed by atoms with E-state index >= 15 is 0 Å². The van der Waals surface area contributed by atoms with Gasteiger partial charge in [0, 0.05) is 25.7 Å². The third-order valence-corrected chi connectivity index (χ3v) is 3.24. The van der Waals surface area contributed by atoms with Crippen molar-refractivity contribution in [2.45, 2.75) is 38.3 Å². The fourth-order valence-corrected chi connectivity index (χ4v) is 2.26. The van der Waals surface area contributed by atoms with E-state index < -0.39 is 0 Å². The van der Waals surface area contributed by atoms with Gasteiger partial charge in [0.1, 0.15) is 0 Å². The average molecular weight is 226 g/mol. The Labute approximate surface area is 99.8 Å². The number of ether oxygens (including phenoxy) is 1. The minimum absolute atomic E-state index is 0.563. The summed E-state index contributed by atoms with van der Waals surface area (Å²) in [4.78, 5) is 2.49. The Morgan fingerprint density at radius 2 is 2.19 bits per heavy atom. The molecule has 0 aromatic carbocycles. The fraction of sp³-hybridized carbons (Fsp3) is 0.846. The molecule has 1 atom stereocenters. The minimum Gasteiger partial charge on any atom is -0.383 e. The molecule has 1 heterocycles. The van der Waals surface area contributed by atoms with Crippen LogP contribution in [0.4, 0.5) is 0 Å². The molecule has 0 aliphatic carbocycles. The fourth-order valence-electron chi connectivity index (χ4n) is 2.26. The van der Waals surface area contributed by atoms with Gasteiger partial charge in [-0.05, 0) is 39.3 Å². The van der Waals surface area contributed by atoms with Gasteiger partial charge in [-0.3, -0.25) is 0 Å². The molecule has 1 rings (SSSR count). The molecular formula is C13H26N2O. The summed E-state index contributed by atoms with van der Waals surface area (Å²) in [6.07, 6.45) is 5.56. The summed E-state index contributed by atoms with van der Waals surface area (Å²) < 4.78 is 5.10. The predicted octanol–water partition coefficient (Wildman–Crippen LogP) is 1.65. The standard InChI is InChI=1S/C13H26N2O/c1-4-5-12(2)14-13-6-8-15(9-7-13)10-11-16-3/h4,12-14H,1,5-11H2,2-3H3. The molecule has 1 N–H and O–H groups in total. The van der Waals surface area contributed by atoms with Crippen LogP contribution in [0.3, 0.4) is 0 Å². The first-order valence-corrected chi connectivity index (χ1v) is 6.34. The van der Waals surface area contributed by atoms with Crippen LogP contribution in [0.5, 0.6) is 0 Å². The summed E-state index contributed by atoms with van der Waals surface area (Å²) in [7, 11) is 1.77. The van der Waals surface area contributed by atoms with E-state index in [1.54, 1.807) is 7.11 Å². The van der Waals surface area contributed by atoms with E-state index in [0.717, 1.165) is 19.6 Å². The third-order valence-electron chi connectivity index (χ3n) is 3.24. The molecule has 0 aromatic rings. The summed E-state index contributed by atoms with van der Waals surface area (Å²) in [5.74, 6) is 0. The average Bonchev–Trinajstić information content (AvgIpc) is 2.28. The second kappa shape index (κ2) is 7.82. The van der Waals surface area contributed by atoms with Gasteiger partial charge in [-0.15, -0.1) is 6.58 Å². The van der Waals surface area contributed by atoms with Crippen LogP contribution in [-0.4, -0.2) is 50.3 Å². The number of hydrogen-bond acceptors (Lipinski definition) is 3. The molecule has 0 aromatic heterocycles. The number of nitrogens with zero attached hydrogens (tertiary/aromatic N) is 1. The summed E-state index contributed by atoms with van der Waals surface area (Å²) in [5.41, 5.74) is 0. The highest BCUT2D eigenvalue weighted by atomic mass is 16.5. The summed E-state index contributed by atoms with van der Waals surface area (Å²) in [6.45, 7) is 10.3. The van der Waals surface area contributed by atoms with Gasteiger partial charge in [0.25, 0.3) is 0 Å². The van der Waals surface area contributed by atoms with Gasteiger partial charge in [-0.1, -0.05) is 6.08 Å². The van der Waals surface area contributed by atoms with E-state index in [2.05, 4.69) is 23.7 Å². The number of likely N-dealkylation sites (tertiary alicyclic amines) is 1. The van der Waals surface area contributed by atoms with Crippen LogP contribution in [0, 0.1) is 0 Å². The number of rotatable bonds is 7.